The summed E-state index contributed by atoms with van der Waals surface area (Å²) in [5.41, 5.74) is 3.45. The Labute approximate surface area is 150 Å². The van der Waals surface area contributed by atoms with Crippen molar-refractivity contribution in [2.75, 3.05) is 33.4 Å². The molecule has 25 heavy (non-hydrogen) atoms. The summed E-state index contributed by atoms with van der Waals surface area (Å²) in [6.45, 7) is 4.87. The van der Waals surface area contributed by atoms with Crippen molar-refractivity contribution < 1.29 is 14.3 Å². The Morgan fingerprint density at radius 1 is 1.20 bits per heavy atom. The second-order valence-electron chi connectivity index (χ2n) is 6.18. The van der Waals surface area contributed by atoms with Crippen LogP contribution in [0.25, 0.3) is 0 Å². The van der Waals surface area contributed by atoms with Crippen LogP contribution in [0.2, 0.25) is 0 Å². The zero-order valence-electron chi connectivity index (χ0n) is 15.3. The minimum absolute atomic E-state index is 0.0737. The second kappa shape index (κ2) is 10.7. The van der Waals surface area contributed by atoms with Gasteiger partial charge in [0.1, 0.15) is 0 Å². The van der Waals surface area contributed by atoms with Gasteiger partial charge in [-0.25, -0.2) is 5.43 Å². The molecule has 1 aliphatic heterocycles. The molecule has 1 aromatic carbocycles. The standard InChI is InChI=1S/C19H29N3O3/c1-3-25-18-13-16(9-10-17(18)24-2)14-20-21-19(23)15-22-11-7-5-4-6-8-12-22/h9-10,13-14H,3-8,11-12,15H2,1-2H3,(H,21,23)/b20-14-. The number of hydrogen-bond acceptors (Lipinski definition) is 5. The van der Waals surface area contributed by atoms with Gasteiger partial charge < -0.3 is 9.47 Å². The number of hydrazone groups is 1. The van der Waals surface area contributed by atoms with Gasteiger partial charge in [-0.15, -0.1) is 0 Å². The van der Waals surface area contributed by atoms with Crippen molar-refractivity contribution in [3.05, 3.63) is 23.8 Å². The van der Waals surface area contributed by atoms with Crippen LogP contribution in [-0.2, 0) is 4.79 Å². The van der Waals surface area contributed by atoms with E-state index in [9.17, 15) is 4.79 Å². The van der Waals surface area contributed by atoms with Crippen molar-refractivity contribution in [2.24, 2.45) is 5.10 Å². The lowest BCUT2D eigenvalue weighted by molar-refractivity contribution is -0.122. The van der Waals surface area contributed by atoms with Crippen molar-refractivity contribution in [1.29, 1.82) is 0 Å². The number of carbonyl (C=O) groups excluding carboxylic acids is 1. The van der Waals surface area contributed by atoms with Crippen LogP contribution in [-0.4, -0.2) is 50.4 Å². The van der Waals surface area contributed by atoms with Crippen LogP contribution in [0.5, 0.6) is 11.5 Å². The van der Waals surface area contributed by atoms with Gasteiger partial charge >= 0.3 is 0 Å². The molecule has 0 atom stereocenters. The molecular formula is C19H29N3O3. The van der Waals surface area contributed by atoms with Crippen molar-refractivity contribution in [3.8, 4) is 11.5 Å². The molecule has 0 unspecified atom stereocenters. The molecule has 6 nitrogen and oxygen atoms in total. The molecule has 138 valence electrons. The van der Waals surface area contributed by atoms with E-state index in [1.54, 1.807) is 13.3 Å². The number of nitrogens with one attached hydrogen (secondary N) is 1. The zero-order chi connectivity index (χ0) is 17.9. The fourth-order valence-corrected chi connectivity index (χ4v) is 2.93. The van der Waals surface area contributed by atoms with Gasteiger partial charge in [-0.05, 0) is 56.6 Å². The van der Waals surface area contributed by atoms with Gasteiger partial charge in [-0.1, -0.05) is 19.3 Å². The first-order chi connectivity index (χ1) is 12.2. The van der Waals surface area contributed by atoms with E-state index in [0.29, 0.717) is 24.7 Å². The van der Waals surface area contributed by atoms with E-state index in [-0.39, 0.29) is 5.91 Å². The highest BCUT2D eigenvalue weighted by Crippen LogP contribution is 2.27. The summed E-state index contributed by atoms with van der Waals surface area (Å²) in [5.74, 6) is 1.27. The highest BCUT2D eigenvalue weighted by molar-refractivity contribution is 5.83. The lowest BCUT2D eigenvalue weighted by Gasteiger charge is -2.23. The number of ether oxygens (including phenoxy) is 2. The largest absolute Gasteiger partial charge is 0.493 e. The van der Waals surface area contributed by atoms with Crippen LogP contribution >= 0.6 is 0 Å². The molecule has 0 aromatic heterocycles. The Bertz CT molecular complexity index is 567. The lowest BCUT2D eigenvalue weighted by Crippen LogP contribution is -2.37. The van der Waals surface area contributed by atoms with Gasteiger partial charge in [0.05, 0.1) is 26.5 Å². The molecule has 0 aliphatic carbocycles. The smallest absolute Gasteiger partial charge is 0.254 e. The Kier molecular flexibility index (Phi) is 8.25. The molecule has 2 rings (SSSR count). The summed E-state index contributed by atoms with van der Waals surface area (Å²) in [7, 11) is 1.61. The third kappa shape index (κ3) is 6.74. The predicted octanol–water partition coefficient (Wildman–Crippen LogP) is 2.81. The highest BCUT2D eigenvalue weighted by Gasteiger charge is 2.11. The van der Waals surface area contributed by atoms with Crippen LogP contribution in [0.3, 0.4) is 0 Å². The van der Waals surface area contributed by atoms with Crippen LogP contribution in [0.4, 0.5) is 0 Å². The molecule has 1 fully saturated rings. The fourth-order valence-electron chi connectivity index (χ4n) is 2.93. The average Bonchev–Trinajstić information content (AvgIpc) is 2.58. The molecule has 0 spiro atoms. The molecule has 1 amide bonds. The molecule has 0 saturated carbocycles. The Morgan fingerprint density at radius 2 is 1.92 bits per heavy atom. The number of hydrogen-bond donors (Lipinski definition) is 1. The number of likely N-dealkylation sites (tertiary alicyclic amines) is 1. The molecular weight excluding hydrogens is 318 g/mol. The quantitative estimate of drug-likeness (QED) is 0.608. The summed E-state index contributed by atoms with van der Waals surface area (Å²) >= 11 is 0. The number of methoxy groups -OCH3 is 1. The molecule has 1 heterocycles. The molecule has 6 heteroatoms. The van der Waals surface area contributed by atoms with Gasteiger partial charge in [0.25, 0.3) is 5.91 Å². The van der Waals surface area contributed by atoms with Crippen molar-refractivity contribution >= 4 is 12.1 Å². The lowest BCUT2D eigenvalue weighted by atomic mass is 10.1. The number of carbonyl (C=O) groups is 1. The number of rotatable bonds is 7. The highest BCUT2D eigenvalue weighted by atomic mass is 16.5. The molecule has 1 N–H and O–H groups in total. The maximum atomic E-state index is 12.1. The maximum absolute atomic E-state index is 12.1. The summed E-state index contributed by atoms with van der Waals surface area (Å²) < 4.78 is 10.8. The number of amides is 1. The van der Waals surface area contributed by atoms with E-state index >= 15 is 0 Å². The van der Waals surface area contributed by atoms with E-state index in [2.05, 4.69) is 15.4 Å². The first-order valence-corrected chi connectivity index (χ1v) is 9.08. The molecule has 0 radical (unpaired) electrons. The topological polar surface area (TPSA) is 63.2 Å². The Balaban J connectivity index is 1.84. The van der Waals surface area contributed by atoms with E-state index in [0.717, 1.165) is 18.7 Å². The van der Waals surface area contributed by atoms with E-state index in [1.165, 1.54) is 32.1 Å². The Hall–Kier alpha value is -2.08. The monoisotopic (exact) mass is 347 g/mol. The third-order valence-corrected chi connectivity index (χ3v) is 4.21. The summed E-state index contributed by atoms with van der Waals surface area (Å²) in [6.07, 6.45) is 7.79. The SMILES string of the molecule is CCOc1cc(/C=N\NC(=O)CN2CCCCCCC2)ccc1OC. The number of nitrogens with zero attached hydrogens (tertiary/aromatic N) is 2. The van der Waals surface area contributed by atoms with Gasteiger partial charge in [0.2, 0.25) is 0 Å². The fraction of sp³-hybridized carbons (Fsp3) is 0.579. The summed E-state index contributed by atoms with van der Waals surface area (Å²) in [5, 5.41) is 4.06. The molecule has 1 aliphatic rings. The van der Waals surface area contributed by atoms with Gasteiger partial charge in [-0.3, -0.25) is 9.69 Å². The van der Waals surface area contributed by atoms with Crippen LogP contribution in [0.15, 0.2) is 23.3 Å². The molecule has 0 bridgehead atoms. The zero-order valence-corrected chi connectivity index (χ0v) is 15.3. The average molecular weight is 347 g/mol. The molecule has 1 saturated heterocycles. The molecule has 1 aromatic rings. The van der Waals surface area contributed by atoms with Crippen LogP contribution in [0.1, 0.15) is 44.6 Å². The van der Waals surface area contributed by atoms with E-state index < -0.39 is 0 Å². The first-order valence-electron chi connectivity index (χ1n) is 9.08. The summed E-state index contributed by atoms with van der Waals surface area (Å²) in [6, 6.07) is 5.54. The van der Waals surface area contributed by atoms with E-state index in [1.807, 2.05) is 25.1 Å². The van der Waals surface area contributed by atoms with Gasteiger partial charge in [0.15, 0.2) is 11.5 Å². The van der Waals surface area contributed by atoms with Gasteiger partial charge in [0, 0.05) is 0 Å². The van der Waals surface area contributed by atoms with Crippen molar-refractivity contribution in [1.82, 2.24) is 10.3 Å². The maximum Gasteiger partial charge on any atom is 0.254 e. The Morgan fingerprint density at radius 3 is 2.60 bits per heavy atom. The summed E-state index contributed by atoms with van der Waals surface area (Å²) in [4.78, 5) is 14.3. The van der Waals surface area contributed by atoms with E-state index in [4.69, 9.17) is 9.47 Å². The first kappa shape index (κ1) is 19.2. The minimum atomic E-state index is -0.0737. The van der Waals surface area contributed by atoms with Crippen molar-refractivity contribution in [2.45, 2.75) is 39.0 Å². The minimum Gasteiger partial charge on any atom is -0.493 e. The van der Waals surface area contributed by atoms with Crippen molar-refractivity contribution in [3.63, 3.8) is 0 Å². The second-order valence-corrected chi connectivity index (χ2v) is 6.18. The predicted molar refractivity (Wildman–Crippen MR) is 99.4 cm³/mol. The number of benzene rings is 1. The third-order valence-electron chi connectivity index (χ3n) is 4.21. The van der Waals surface area contributed by atoms with Gasteiger partial charge in [-0.2, -0.15) is 5.10 Å². The van der Waals surface area contributed by atoms with Crippen LogP contribution in [0, 0.1) is 0 Å². The normalized spacial score (nSPS) is 16.2. The van der Waals surface area contributed by atoms with Crippen LogP contribution < -0.4 is 14.9 Å².